The first-order valence-corrected chi connectivity index (χ1v) is 17.6. The minimum absolute atomic E-state index is 0. The van der Waals surface area contributed by atoms with Crippen molar-refractivity contribution in [1.82, 2.24) is 0 Å². The van der Waals surface area contributed by atoms with Crippen LogP contribution in [-0.4, -0.2) is 0 Å². The van der Waals surface area contributed by atoms with Crippen LogP contribution in [0.3, 0.4) is 0 Å². The Labute approximate surface area is 374 Å². The van der Waals surface area contributed by atoms with Crippen molar-refractivity contribution < 1.29 is 80.5 Å². The molecule has 0 radical (unpaired) electrons. The van der Waals surface area contributed by atoms with Crippen molar-refractivity contribution in [1.29, 1.82) is 0 Å². The summed E-state index contributed by atoms with van der Waals surface area (Å²) in [5.41, 5.74) is 13.2. The molecule has 0 bridgehead atoms. The number of rotatable bonds is 0. The fraction of sp³-hybridized carbons (Fsp3) is 0.375. The quantitative estimate of drug-likeness (QED) is 0.167. The van der Waals surface area contributed by atoms with E-state index in [4.69, 9.17) is 0 Å². The van der Waals surface area contributed by atoms with E-state index in [1.807, 2.05) is 18.2 Å². The molecule has 0 spiro atoms. The van der Waals surface area contributed by atoms with E-state index in [9.17, 15) is 15.3 Å². The Hall–Kier alpha value is -2.36. The summed E-state index contributed by atoms with van der Waals surface area (Å²) in [6, 6.07) is 25.0. The molecule has 6 rings (SSSR count). The van der Waals surface area contributed by atoms with E-state index < -0.39 is 0 Å². The van der Waals surface area contributed by atoms with E-state index in [1.165, 1.54) is 86.6 Å². The molecule has 3 aliphatic rings. The number of hydrogen-bond donors (Lipinski definition) is 0. The Morgan fingerprint density at radius 2 is 0.500 bits per heavy atom. The van der Waals surface area contributed by atoms with Crippen molar-refractivity contribution in [3.8, 4) is 17.2 Å². The van der Waals surface area contributed by atoms with Crippen molar-refractivity contribution in [2.75, 3.05) is 0 Å². The Kier molecular flexibility index (Phi) is 26.7. The van der Waals surface area contributed by atoms with E-state index in [0.29, 0.717) is 0 Å². The number of hydrogen-bond acceptors (Lipinski definition) is 3. The van der Waals surface area contributed by atoms with Crippen LogP contribution in [-0.2, 0) is 65.2 Å². The Bertz CT molecular complexity index is 1530. The average molecular weight is 829 g/mol. The molecule has 282 valence electrons. The molecule has 3 aromatic carbocycles. The first-order chi connectivity index (χ1) is 23.5. The fourth-order valence-corrected chi connectivity index (χ4v) is 5.48. The fourth-order valence-electron chi connectivity index (χ4n) is 5.48. The Morgan fingerprint density at radius 1 is 0.333 bits per heavy atom. The molecule has 3 aromatic rings. The van der Waals surface area contributed by atoms with Crippen LogP contribution >= 0.6 is 0 Å². The van der Waals surface area contributed by atoms with E-state index in [2.05, 4.69) is 122 Å². The maximum atomic E-state index is 10.3. The van der Waals surface area contributed by atoms with Gasteiger partial charge in [-0.05, 0) is 0 Å². The number of allylic oxidation sites excluding steroid dienone is 12. The zero-order valence-electron chi connectivity index (χ0n) is 35.4. The maximum Gasteiger partial charge on any atom is 2.00 e. The van der Waals surface area contributed by atoms with Gasteiger partial charge in [-0.3, -0.25) is 18.2 Å². The van der Waals surface area contributed by atoms with Crippen molar-refractivity contribution in [2.24, 2.45) is 16.2 Å². The second-order valence-corrected chi connectivity index (χ2v) is 14.8. The molecule has 3 nitrogen and oxygen atoms in total. The molecule has 0 fully saturated rings. The second kappa shape index (κ2) is 25.7. The van der Waals surface area contributed by atoms with Crippen LogP contribution < -0.4 is 15.3 Å². The molecule has 0 aliphatic heterocycles. The largest absolute Gasteiger partial charge is 2.00 e. The van der Waals surface area contributed by atoms with E-state index in [-0.39, 0.29) is 98.6 Å². The van der Waals surface area contributed by atoms with E-state index in [0.717, 1.165) is 0 Å². The van der Waals surface area contributed by atoms with E-state index >= 15 is 0 Å². The number of benzene rings is 3. The zero-order valence-corrected chi connectivity index (χ0v) is 40.1. The molecule has 54 heavy (non-hydrogen) atoms. The van der Waals surface area contributed by atoms with Gasteiger partial charge in [0, 0.05) is 0 Å². The Balaban J connectivity index is -0.000000576. The zero-order chi connectivity index (χ0) is 39.2. The third kappa shape index (κ3) is 19.0. The van der Waals surface area contributed by atoms with Gasteiger partial charge in [0.15, 0.2) is 0 Å². The summed E-state index contributed by atoms with van der Waals surface area (Å²) in [4.78, 5) is 0. The van der Waals surface area contributed by atoms with Gasteiger partial charge < -0.3 is 15.3 Å². The summed E-state index contributed by atoms with van der Waals surface area (Å²) < 4.78 is 0. The topological polar surface area (TPSA) is 69.2 Å². The van der Waals surface area contributed by atoms with Gasteiger partial charge >= 0.3 is 65.2 Å². The van der Waals surface area contributed by atoms with Gasteiger partial charge in [-0.25, -0.2) is 16.7 Å². The molecule has 0 saturated heterocycles. The summed E-state index contributed by atoms with van der Waals surface area (Å²) in [5, 5.41) is 30.8. The van der Waals surface area contributed by atoms with Crippen LogP contribution in [0, 0.1) is 34.5 Å². The van der Waals surface area contributed by atoms with Gasteiger partial charge in [0.1, 0.15) is 0 Å². The second-order valence-electron chi connectivity index (χ2n) is 14.8. The van der Waals surface area contributed by atoms with Gasteiger partial charge in [-0.1, -0.05) is 190 Å². The minimum atomic E-state index is 0. The molecule has 0 heterocycles. The molecule has 3 aliphatic carbocycles. The SMILES string of the molecule is CC1=[C-]C(C)(C)C(C)=C1C.CC1=[C-]C(C)(C)C(C)=C1C.CC1=[C-]C(C)(C)C(C)=C1C.[O-]c1ccccc1.[O-]c1ccccc1.[O-]c1ccccc1.[Ti+2].[Ti+2].[Ti+2]. The molecule has 0 atom stereocenters. The average Bonchev–Trinajstić information content (AvgIpc) is 3.46. The van der Waals surface area contributed by atoms with Gasteiger partial charge in [0.05, 0.1) is 0 Å². The molecule has 0 aromatic heterocycles. The van der Waals surface area contributed by atoms with Crippen LogP contribution in [0.25, 0.3) is 0 Å². The van der Waals surface area contributed by atoms with Crippen molar-refractivity contribution >= 4 is 0 Å². The Morgan fingerprint density at radius 3 is 0.556 bits per heavy atom. The monoisotopic (exact) mass is 828 g/mol. The molecule has 0 unspecified atom stereocenters. The van der Waals surface area contributed by atoms with Gasteiger partial charge in [-0.15, -0.1) is 38.0 Å². The van der Waals surface area contributed by atoms with Gasteiger partial charge in [0.2, 0.25) is 0 Å². The number of para-hydroxylation sites is 3. The van der Waals surface area contributed by atoms with Crippen LogP contribution in [0.4, 0.5) is 0 Å². The molecule has 6 heteroatoms. The predicted molar refractivity (Wildman–Crippen MR) is 211 cm³/mol. The predicted octanol–water partition coefficient (Wildman–Crippen LogP) is 11.6. The molecular weight excluding hydrogens is 768 g/mol. The summed E-state index contributed by atoms with van der Waals surface area (Å²) in [6.07, 6.45) is 10.3. The first kappa shape index (κ1) is 56.0. The van der Waals surface area contributed by atoms with Crippen LogP contribution in [0.5, 0.6) is 17.2 Å². The first-order valence-electron chi connectivity index (χ1n) is 17.6. The minimum Gasteiger partial charge on any atom is -0.872 e. The third-order valence-electron chi connectivity index (χ3n) is 9.92. The van der Waals surface area contributed by atoms with Crippen molar-refractivity contribution in [3.05, 3.63) is 159 Å². The van der Waals surface area contributed by atoms with Gasteiger partial charge in [0.25, 0.3) is 0 Å². The normalized spacial score (nSPS) is 16.4. The summed E-state index contributed by atoms with van der Waals surface area (Å²) in [7, 11) is 0. The van der Waals surface area contributed by atoms with Crippen molar-refractivity contribution in [2.45, 2.75) is 104 Å². The summed E-state index contributed by atoms with van der Waals surface area (Å²) in [5.74, 6) is 0.215. The van der Waals surface area contributed by atoms with Crippen LogP contribution in [0.2, 0.25) is 0 Å². The smallest absolute Gasteiger partial charge is 0.872 e. The summed E-state index contributed by atoms with van der Waals surface area (Å²) >= 11 is 0. The van der Waals surface area contributed by atoms with Crippen molar-refractivity contribution in [3.63, 3.8) is 0 Å². The van der Waals surface area contributed by atoms with E-state index in [1.54, 1.807) is 36.4 Å². The molecule has 0 N–H and O–H groups in total. The standard InChI is InChI=1S/3C10H15.3C6H6O.3Ti/c3*1-7-6-10(4,5)9(3)8(7)2;3*7-6-4-2-1-3-5-6;;;/h3*1-5H3;3*1-5,7H;;;/q3*-1;;;;3*+2/p-3. The van der Waals surface area contributed by atoms with Gasteiger partial charge in [-0.2, -0.15) is 33.4 Å². The molecular formula is C48H60O3Ti3. The molecule has 0 amide bonds. The van der Waals surface area contributed by atoms with Crippen LogP contribution in [0.1, 0.15) is 104 Å². The summed E-state index contributed by atoms with van der Waals surface area (Å²) in [6.45, 7) is 32.8. The third-order valence-corrected chi connectivity index (χ3v) is 9.92. The maximum absolute atomic E-state index is 10.3. The van der Waals surface area contributed by atoms with Crippen LogP contribution in [0.15, 0.2) is 141 Å². The molecule has 0 saturated carbocycles.